The smallest absolute Gasteiger partial charge is 0.261 e. The summed E-state index contributed by atoms with van der Waals surface area (Å²) in [6.45, 7) is 0. The van der Waals surface area contributed by atoms with Gasteiger partial charge in [-0.1, -0.05) is 30.3 Å². The van der Waals surface area contributed by atoms with Gasteiger partial charge in [-0.2, -0.15) is 0 Å². The summed E-state index contributed by atoms with van der Waals surface area (Å²) in [6.07, 6.45) is 1.04. The van der Waals surface area contributed by atoms with Crippen molar-refractivity contribution in [3.63, 3.8) is 0 Å². The average molecular weight is 322 g/mol. The van der Waals surface area contributed by atoms with Crippen molar-refractivity contribution in [2.75, 3.05) is 0 Å². The zero-order valence-electron chi connectivity index (χ0n) is 9.60. The molecule has 2 atom stereocenters. The summed E-state index contributed by atoms with van der Waals surface area (Å²) in [4.78, 5) is 12.7. The second kappa shape index (κ2) is 4.86. The molecule has 2 nitrogen and oxygen atoms in total. The average Bonchev–Trinajstić information content (AvgIpc) is 3.01. The van der Waals surface area contributed by atoms with E-state index in [1.807, 2.05) is 30.3 Å². The maximum Gasteiger partial charge on any atom is 0.261 e. The van der Waals surface area contributed by atoms with Gasteiger partial charge in [-0.05, 0) is 40.0 Å². The third-order valence-electron chi connectivity index (χ3n) is 3.13. The summed E-state index contributed by atoms with van der Waals surface area (Å²) in [5, 5.41) is 3.08. The van der Waals surface area contributed by atoms with E-state index in [-0.39, 0.29) is 5.91 Å². The van der Waals surface area contributed by atoms with E-state index in [1.165, 1.54) is 16.9 Å². The van der Waals surface area contributed by atoms with Crippen LogP contribution in [0.3, 0.4) is 0 Å². The van der Waals surface area contributed by atoms with Gasteiger partial charge in [-0.25, -0.2) is 0 Å². The minimum atomic E-state index is 0.0362. The Bertz CT molecular complexity index is 566. The number of nitrogens with one attached hydrogen (secondary N) is 1. The van der Waals surface area contributed by atoms with Gasteiger partial charge in [-0.15, -0.1) is 11.3 Å². The lowest BCUT2D eigenvalue weighted by atomic mass is 10.1. The Morgan fingerprint density at radius 1 is 1.22 bits per heavy atom. The largest absolute Gasteiger partial charge is 0.348 e. The lowest BCUT2D eigenvalue weighted by molar-refractivity contribution is 0.0954. The number of benzene rings is 1. The van der Waals surface area contributed by atoms with E-state index in [0.717, 1.165) is 15.1 Å². The fraction of sp³-hybridized carbons (Fsp3) is 0.214. The first kappa shape index (κ1) is 11.9. The van der Waals surface area contributed by atoms with E-state index in [1.54, 1.807) is 0 Å². The lowest BCUT2D eigenvalue weighted by Gasteiger charge is -2.02. The van der Waals surface area contributed by atoms with Gasteiger partial charge in [0.05, 0.1) is 8.66 Å². The van der Waals surface area contributed by atoms with Gasteiger partial charge in [0, 0.05) is 12.0 Å². The molecule has 1 fully saturated rings. The second-order valence-corrected chi connectivity index (χ2v) is 6.90. The van der Waals surface area contributed by atoms with Crippen LogP contribution in [0.5, 0.6) is 0 Å². The van der Waals surface area contributed by atoms with Crippen LogP contribution in [0.2, 0.25) is 0 Å². The third-order valence-corrected chi connectivity index (χ3v) is 4.75. The quantitative estimate of drug-likeness (QED) is 0.915. The van der Waals surface area contributed by atoms with E-state index in [2.05, 4.69) is 33.4 Å². The predicted octanol–water partition coefficient (Wildman–Crippen LogP) is 3.80. The first-order valence-electron chi connectivity index (χ1n) is 5.85. The monoisotopic (exact) mass is 321 g/mol. The molecule has 1 heterocycles. The maximum absolute atomic E-state index is 12.0. The highest BCUT2D eigenvalue weighted by atomic mass is 79.9. The molecule has 4 heteroatoms. The molecule has 0 aliphatic heterocycles. The van der Waals surface area contributed by atoms with E-state index in [4.69, 9.17) is 0 Å². The van der Waals surface area contributed by atoms with E-state index >= 15 is 0 Å². The van der Waals surface area contributed by atoms with Crippen LogP contribution in [0.25, 0.3) is 0 Å². The molecule has 0 radical (unpaired) electrons. The van der Waals surface area contributed by atoms with E-state index in [0.29, 0.717) is 12.0 Å². The molecule has 2 unspecified atom stereocenters. The van der Waals surface area contributed by atoms with Gasteiger partial charge in [0.25, 0.3) is 5.91 Å². The van der Waals surface area contributed by atoms with Crippen LogP contribution in [-0.4, -0.2) is 11.9 Å². The number of thiophene rings is 1. The zero-order chi connectivity index (χ0) is 12.5. The standard InChI is InChI=1S/C14H12BrNOS/c15-13-7-6-12(18-13)14(17)16-11-8-10(11)9-4-2-1-3-5-9/h1-7,10-11H,8H2,(H,16,17). The summed E-state index contributed by atoms with van der Waals surface area (Å²) in [6, 6.07) is 14.4. The molecule has 92 valence electrons. The van der Waals surface area contributed by atoms with Crippen molar-refractivity contribution in [1.82, 2.24) is 5.32 Å². The maximum atomic E-state index is 12.0. The van der Waals surface area contributed by atoms with Crippen LogP contribution in [0, 0.1) is 0 Å². The number of halogens is 1. The Hall–Kier alpha value is -1.13. The molecule has 2 aromatic rings. The molecular weight excluding hydrogens is 310 g/mol. The minimum absolute atomic E-state index is 0.0362. The molecule has 1 amide bonds. The Kier molecular flexibility index (Phi) is 3.22. The summed E-state index contributed by atoms with van der Waals surface area (Å²) < 4.78 is 0.989. The molecule has 1 aliphatic rings. The number of hydrogen-bond donors (Lipinski definition) is 1. The molecule has 1 saturated carbocycles. The van der Waals surface area contributed by atoms with Crippen molar-refractivity contribution >= 4 is 33.2 Å². The van der Waals surface area contributed by atoms with Crippen molar-refractivity contribution < 1.29 is 4.79 Å². The van der Waals surface area contributed by atoms with Crippen LogP contribution < -0.4 is 5.32 Å². The highest BCUT2D eigenvalue weighted by Crippen LogP contribution is 2.40. The van der Waals surface area contributed by atoms with Gasteiger partial charge < -0.3 is 5.32 Å². The number of carbonyl (C=O) groups excluding carboxylic acids is 1. The molecule has 1 aromatic heterocycles. The van der Waals surface area contributed by atoms with Crippen molar-refractivity contribution in [1.29, 1.82) is 0 Å². The van der Waals surface area contributed by atoms with Crippen molar-refractivity contribution in [3.8, 4) is 0 Å². The second-order valence-electron chi connectivity index (χ2n) is 4.44. The summed E-state index contributed by atoms with van der Waals surface area (Å²) >= 11 is 4.84. The molecule has 0 bridgehead atoms. The molecule has 0 saturated heterocycles. The van der Waals surface area contributed by atoms with Gasteiger partial charge >= 0.3 is 0 Å². The van der Waals surface area contributed by atoms with E-state index < -0.39 is 0 Å². The first-order valence-corrected chi connectivity index (χ1v) is 7.46. The van der Waals surface area contributed by atoms with Gasteiger partial charge in [-0.3, -0.25) is 4.79 Å². The number of carbonyl (C=O) groups is 1. The van der Waals surface area contributed by atoms with Crippen LogP contribution in [-0.2, 0) is 0 Å². The molecule has 1 aromatic carbocycles. The molecule has 1 N–H and O–H groups in total. The zero-order valence-corrected chi connectivity index (χ0v) is 12.0. The van der Waals surface area contributed by atoms with Crippen LogP contribution in [0.15, 0.2) is 46.3 Å². The summed E-state index contributed by atoms with van der Waals surface area (Å²) in [5.74, 6) is 0.521. The van der Waals surface area contributed by atoms with Crippen molar-refractivity contribution in [2.24, 2.45) is 0 Å². The third kappa shape index (κ3) is 2.49. The predicted molar refractivity (Wildman–Crippen MR) is 77.1 cm³/mol. The summed E-state index contributed by atoms with van der Waals surface area (Å²) in [7, 11) is 0. The van der Waals surface area contributed by atoms with Gasteiger partial charge in [0.15, 0.2) is 0 Å². The fourth-order valence-corrected chi connectivity index (χ4v) is 3.39. The normalized spacial score (nSPS) is 21.6. The van der Waals surface area contributed by atoms with E-state index in [9.17, 15) is 4.79 Å². The number of rotatable bonds is 3. The molecule has 0 spiro atoms. The SMILES string of the molecule is O=C(NC1CC1c1ccccc1)c1ccc(Br)s1. The molecule has 3 rings (SSSR count). The highest BCUT2D eigenvalue weighted by Gasteiger charge is 2.39. The van der Waals surface area contributed by atoms with Crippen LogP contribution in [0.1, 0.15) is 27.6 Å². The minimum Gasteiger partial charge on any atom is -0.348 e. The van der Waals surface area contributed by atoms with Gasteiger partial charge in [0.1, 0.15) is 0 Å². The lowest BCUT2D eigenvalue weighted by Crippen LogP contribution is -2.25. The number of amides is 1. The molecule has 1 aliphatic carbocycles. The fourth-order valence-electron chi connectivity index (χ4n) is 2.10. The van der Waals surface area contributed by atoms with Crippen LogP contribution in [0.4, 0.5) is 0 Å². The molecular formula is C14H12BrNOS. The molecule has 18 heavy (non-hydrogen) atoms. The topological polar surface area (TPSA) is 29.1 Å². The first-order chi connectivity index (χ1) is 8.74. The van der Waals surface area contributed by atoms with Crippen molar-refractivity contribution in [2.45, 2.75) is 18.4 Å². The Balaban J connectivity index is 1.62. The Labute approximate surface area is 118 Å². The highest BCUT2D eigenvalue weighted by molar-refractivity contribution is 9.11. The van der Waals surface area contributed by atoms with Crippen molar-refractivity contribution in [3.05, 3.63) is 56.7 Å². The number of hydrogen-bond acceptors (Lipinski definition) is 2. The van der Waals surface area contributed by atoms with Gasteiger partial charge in [0.2, 0.25) is 0 Å². The van der Waals surface area contributed by atoms with Crippen LogP contribution >= 0.6 is 27.3 Å². The Morgan fingerprint density at radius 3 is 2.67 bits per heavy atom. The summed E-state index contributed by atoms with van der Waals surface area (Å²) in [5.41, 5.74) is 1.31. The Morgan fingerprint density at radius 2 is 2.00 bits per heavy atom.